The molecule has 1 aromatic rings. The number of aromatic carboxylic acids is 1. The van der Waals surface area contributed by atoms with E-state index in [9.17, 15) is 14.7 Å². The molecule has 2 rings (SSSR count). The molecule has 21 heavy (non-hydrogen) atoms. The summed E-state index contributed by atoms with van der Waals surface area (Å²) in [7, 11) is 0. The Morgan fingerprint density at radius 2 is 1.86 bits per heavy atom. The summed E-state index contributed by atoms with van der Waals surface area (Å²) in [6.07, 6.45) is 4.63. The Morgan fingerprint density at radius 1 is 1.24 bits per heavy atom. The Bertz CT molecular complexity index is 519. The molecule has 1 N–H and O–H groups in total. The topological polar surface area (TPSA) is 57.6 Å². The third-order valence-electron chi connectivity index (χ3n) is 4.15. The molecule has 0 atom stereocenters. The van der Waals surface area contributed by atoms with Gasteiger partial charge in [0.2, 0.25) is 5.91 Å². The van der Waals surface area contributed by atoms with Gasteiger partial charge in [-0.15, -0.1) is 0 Å². The summed E-state index contributed by atoms with van der Waals surface area (Å²) in [4.78, 5) is 25.8. The highest BCUT2D eigenvalue weighted by Crippen LogP contribution is 2.26. The van der Waals surface area contributed by atoms with Gasteiger partial charge in [0, 0.05) is 12.1 Å². The van der Waals surface area contributed by atoms with E-state index in [2.05, 4.69) is 0 Å². The first-order chi connectivity index (χ1) is 10.0. The summed E-state index contributed by atoms with van der Waals surface area (Å²) in [5.41, 5.74) is 0.819. The van der Waals surface area contributed by atoms with Crippen LogP contribution in [0.4, 0.5) is 0 Å². The van der Waals surface area contributed by atoms with Gasteiger partial charge in [0.1, 0.15) is 0 Å². The van der Waals surface area contributed by atoms with Crippen LogP contribution in [-0.4, -0.2) is 34.0 Å². The summed E-state index contributed by atoms with van der Waals surface area (Å²) < 4.78 is 0. The summed E-state index contributed by atoms with van der Waals surface area (Å²) in [5.74, 6) is -0.944. The van der Waals surface area contributed by atoms with Crippen molar-refractivity contribution >= 4 is 11.9 Å². The quantitative estimate of drug-likeness (QED) is 0.906. The fourth-order valence-electron chi connectivity index (χ4n) is 3.23. The minimum Gasteiger partial charge on any atom is -0.478 e. The maximum Gasteiger partial charge on any atom is 0.335 e. The number of carbonyl (C=O) groups excluding carboxylic acids is 1. The van der Waals surface area contributed by atoms with E-state index in [0.717, 1.165) is 12.8 Å². The van der Waals surface area contributed by atoms with E-state index < -0.39 is 5.97 Å². The SMILES string of the molecule is CC(C)N(C(=O)Cc1ccccc1C(=O)O)C1CCCC1. The average Bonchev–Trinajstić information content (AvgIpc) is 2.92. The normalized spacial score (nSPS) is 15.4. The predicted molar refractivity (Wildman–Crippen MR) is 81.3 cm³/mol. The minimum absolute atomic E-state index is 0.0330. The molecule has 1 saturated carbocycles. The first kappa shape index (κ1) is 15.5. The van der Waals surface area contributed by atoms with Crippen molar-refractivity contribution < 1.29 is 14.7 Å². The van der Waals surface area contributed by atoms with Gasteiger partial charge in [-0.2, -0.15) is 0 Å². The fourth-order valence-corrected chi connectivity index (χ4v) is 3.23. The second kappa shape index (κ2) is 6.74. The second-order valence-electron chi connectivity index (χ2n) is 5.97. The molecule has 4 heteroatoms. The molecule has 1 aromatic carbocycles. The molecule has 114 valence electrons. The van der Waals surface area contributed by atoms with Gasteiger partial charge in [0.15, 0.2) is 0 Å². The highest BCUT2D eigenvalue weighted by atomic mass is 16.4. The lowest BCUT2D eigenvalue weighted by molar-refractivity contribution is -0.134. The number of hydrogen-bond donors (Lipinski definition) is 1. The van der Waals surface area contributed by atoms with Crippen molar-refractivity contribution in [1.82, 2.24) is 4.90 Å². The molecule has 1 fully saturated rings. The zero-order valence-electron chi connectivity index (χ0n) is 12.7. The van der Waals surface area contributed by atoms with Crippen molar-refractivity contribution in [3.63, 3.8) is 0 Å². The van der Waals surface area contributed by atoms with Gasteiger partial charge in [-0.05, 0) is 38.3 Å². The van der Waals surface area contributed by atoms with E-state index in [1.54, 1.807) is 24.3 Å². The number of amides is 1. The Labute approximate surface area is 125 Å². The van der Waals surface area contributed by atoms with Crippen LogP contribution in [0.15, 0.2) is 24.3 Å². The maximum absolute atomic E-state index is 12.6. The van der Waals surface area contributed by atoms with Crippen LogP contribution in [0.1, 0.15) is 55.5 Å². The zero-order chi connectivity index (χ0) is 15.4. The van der Waals surface area contributed by atoms with Crippen LogP contribution >= 0.6 is 0 Å². The molecule has 0 aliphatic heterocycles. The number of carboxylic acid groups (broad SMARTS) is 1. The zero-order valence-corrected chi connectivity index (χ0v) is 12.7. The summed E-state index contributed by atoms with van der Waals surface area (Å²) in [6, 6.07) is 7.22. The van der Waals surface area contributed by atoms with Crippen LogP contribution in [0.25, 0.3) is 0 Å². The maximum atomic E-state index is 12.6. The van der Waals surface area contributed by atoms with E-state index in [4.69, 9.17) is 0 Å². The minimum atomic E-state index is -0.977. The summed E-state index contributed by atoms with van der Waals surface area (Å²) in [6.45, 7) is 4.05. The van der Waals surface area contributed by atoms with Gasteiger partial charge in [0.25, 0.3) is 0 Å². The van der Waals surface area contributed by atoms with Crippen molar-refractivity contribution in [3.8, 4) is 0 Å². The number of benzene rings is 1. The Balaban J connectivity index is 2.17. The van der Waals surface area contributed by atoms with Crippen LogP contribution in [0.3, 0.4) is 0 Å². The lowest BCUT2D eigenvalue weighted by Crippen LogP contribution is -2.44. The number of rotatable bonds is 5. The third kappa shape index (κ3) is 3.63. The molecule has 0 bridgehead atoms. The van der Waals surface area contributed by atoms with Crippen LogP contribution in [-0.2, 0) is 11.2 Å². The van der Waals surface area contributed by atoms with Gasteiger partial charge >= 0.3 is 5.97 Å². The molecular weight excluding hydrogens is 266 g/mol. The summed E-state index contributed by atoms with van der Waals surface area (Å²) >= 11 is 0. The third-order valence-corrected chi connectivity index (χ3v) is 4.15. The molecule has 0 heterocycles. The molecule has 0 radical (unpaired) electrons. The van der Waals surface area contributed by atoms with Gasteiger partial charge in [0.05, 0.1) is 12.0 Å². The van der Waals surface area contributed by atoms with E-state index in [-0.39, 0.29) is 23.9 Å². The van der Waals surface area contributed by atoms with Crippen LogP contribution in [0, 0.1) is 0 Å². The van der Waals surface area contributed by atoms with E-state index in [0.29, 0.717) is 11.6 Å². The highest BCUT2D eigenvalue weighted by molar-refractivity contribution is 5.91. The lowest BCUT2D eigenvalue weighted by atomic mass is 10.0. The van der Waals surface area contributed by atoms with Crippen molar-refractivity contribution in [2.24, 2.45) is 0 Å². The molecule has 4 nitrogen and oxygen atoms in total. The molecule has 0 unspecified atom stereocenters. The Kier molecular flexibility index (Phi) is 4.99. The van der Waals surface area contributed by atoms with Crippen LogP contribution in [0.2, 0.25) is 0 Å². The van der Waals surface area contributed by atoms with E-state index in [1.165, 1.54) is 12.8 Å². The van der Waals surface area contributed by atoms with Gasteiger partial charge in [-0.1, -0.05) is 31.0 Å². The molecule has 1 aliphatic rings. The second-order valence-corrected chi connectivity index (χ2v) is 5.97. The molecule has 0 saturated heterocycles. The monoisotopic (exact) mass is 289 g/mol. The Hall–Kier alpha value is -1.84. The largest absolute Gasteiger partial charge is 0.478 e. The number of carbonyl (C=O) groups is 2. The molecule has 0 aromatic heterocycles. The summed E-state index contributed by atoms with van der Waals surface area (Å²) in [5, 5.41) is 9.21. The molecule has 1 amide bonds. The fraction of sp³-hybridized carbons (Fsp3) is 0.529. The van der Waals surface area contributed by atoms with Crippen LogP contribution < -0.4 is 0 Å². The molecule has 1 aliphatic carbocycles. The van der Waals surface area contributed by atoms with Gasteiger partial charge < -0.3 is 10.0 Å². The number of hydrogen-bond acceptors (Lipinski definition) is 2. The van der Waals surface area contributed by atoms with Crippen molar-refractivity contribution in [1.29, 1.82) is 0 Å². The van der Waals surface area contributed by atoms with Crippen LogP contribution in [0.5, 0.6) is 0 Å². The van der Waals surface area contributed by atoms with Gasteiger partial charge in [-0.25, -0.2) is 4.79 Å². The first-order valence-electron chi connectivity index (χ1n) is 7.63. The Morgan fingerprint density at radius 3 is 2.43 bits per heavy atom. The lowest BCUT2D eigenvalue weighted by Gasteiger charge is -2.33. The van der Waals surface area contributed by atoms with Gasteiger partial charge in [-0.3, -0.25) is 4.79 Å². The number of carboxylic acids is 1. The average molecular weight is 289 g/mol. The van der Waals surface area contributed by atoms with Crippen molar-refractivity contribution in [3.05, 3.63) is 35.4 Å². The van der Waals surface area contributed by atoms with Crippen molar-refractivity contribution in [2.45, 2.75) is 58.0 Å². The van der Waals surface area contributed by atoms with E-state index >= 15 is 0 Å². The first-order valence-corrected chi connectivity index (χ1v) is 7.63. The van der Waals surface area contributed by atoms with E-state index in [1.807, 2.05) is 18.7 Å². The molecular formula is C17H23NO3. The highest BCUT2D eigenvalue weighted by Gasteiger charge is 2.29. The molecule has 0 spiro atoms. The number of nitrogens with zero attached hydrogens (tertiary/aromatic N) is 1. The predicted octanol–water partition coefficient (Wildman–Crippen LogP) is 3.11. The van der Waals surface area contributed by atoms with Crippen molar-refractivity contribution in [2.75, 3.05) is 0 Å². The standard InChI is InChI=1S/C17H23NO3/c1-12(2)18(14-8-4-5-9-14)16(19)11-13-7-3-6-10-15(13)17(20)21/h3,6-7,10,12,14H,4-5,8-9,11H2,1-2H3,(H,20,21). The smallest absolute Gasteiger partial charge is 0.335 e.